The van der Waals surface area contributed by atoms with Crippen LogP contribution in [0.2, 0.25) is 0 Å². The third kappa shape index (κ3) is 6.42. The van der Waals surface area contributed by atoms with Crippen molar-refractivity contribution in [2.24, 2.45) is 0 Å². The van der Waals surface area contributed by atoms with Crippen molar-refractivity contribution < 1.29 is 9.59 Å². The minimum atomic E-state index is -0.686. The van der Waals surface area contributed by atoms with Crippen LogP contribution in [0.15, 0.2) is 30.3 Å². The molecule has 4 heteroatoms. The summed E-state index contributed by atoms with van der Waals surface area (Å²) in [5.41, 5.74) is 0.908. The summed E-state index contributed by atoms with van der Waals surface area (Å²) in [7, 11) is 0. The van der Waals surface area contributed by atoms with Gasteiger partial charge in [-0.05, 0) is 56.9 Å². The second-order valence-electron chi connectivity index (χ2n) is 12.5. The molecule has 0 unspecified atom stereocenters. The Balaban J connectivity index is 1.50. The van der Waals surface area contributed by atoms with Crippen molar-refractivity contribution in [3.8, 4) is 0 Å². The summed E-state index contributed by atoms with van der Waals surface area (Å²) in [5, 5.41) is 0. The summed E-state index contributed by atoms with van der Waals surface area (Å²) < 4.78 is 0. The zero-order valence-electron chi connectivity index (χ0n) is 23.1. The van der Waals surface area contributed by atoms with Crippen LogP contribution < -0.4 is 0 Å². The van der Waals surface area contributed by atoms with E-state index in [-0.39, 0.29) is 11.8 Å². The SMILES string of the molecule is O=C(C(C(=O)N(C1CCCCC1)C1CCCCC1)c1ccccc1)N(C1CCCCC1)C1CCCCC1. The predicted molar refractivity (Wildman–Crippen MR) is 150 cm³/mol. The molecule has 4 aliphatic rings. The van der Waals surface area contributed by atoms with Gasteiger partial charge in [0, 0.05) is 24.2 Å². The monoisotopic (exact) mass is 506 g/mol. The van der Waals surface area contributed by atoms with E-state index in [0.29, 0.717) is 24.2 Å². The average molecular weight is 507 g/mol. The summed E-state index contributed by atoms with van der Waals surface area (Å²) in [6, 6.07) is 11.3. The number of amides is 2. The van der Waals surface area contributed by atoms with Gasteiger partial charge in [0.25, 0.3) is 0 Å². The molecule has 0 aliphatic heterocycles. The Labute approximate surface area is 225 Å². The Morgan fingerprint density at radius 3 is 1.08 bits per heavy atom. The maximum absolute atomic E-state index is 14.8. The van der Waals surface area contributed by atoms with Gasteiger partial charge in [-0.3, -0.25) is 9.59 Å². The standard InChI is InChI=1S/C33H50N2O2/c36-32(34(27-18-8-2-9-19-27)28-20-10-3-11-21-28)31(26-16-6-1-7-17-26)33(37)35(29-22-12-4-13-23-29)30-24-14-5-15-25-30/h1,6-7,16-17,27-31H,2-5,8-15,18-25H2. The van der Waals surface area contributed by atoms with Gasteiger partial charge >= 0.3 is 0 Å². The second kappa shape index (κ2) is 13.3. The van der Waals surface area contributed by atoms with E-state index in [1.165, 1.54) is 77.0 Å². The van der Waals surface area contributed by atoms with Crippen LogP contribution in [0.5, 0.6) is 0 Å². The molecule has 4 aliphatic carbocycles. The van der Waals surface area contributed by atoms with E-state index in [9.17, 15) is 9.59 Å². The largest absolute Gasteiger partial charge is 0.336 e. The van der Waals surface area contributed by atoms with E-state index in [4.69, 9.17) is 0 Å². The predicted octanol–water partition coefficient (Wildman–Crippen LogP) is 7.76. The molecule has 1 aromatic rings. The third-order valence-electron chi connectivity index (χ3n) is 10.0. The molecule has 4 nitrogen and oxygen atoms in total. The quantitative estimate of drug-likeness (QED) is 0.355. The van der Waals surface area contributed by atoms with Crippen LogP contribution in [-0.2, 0) is 9.59 Å². The van der Waals surface area contributed by atoms with Crippen molar-refractivity contribution in [2.45, 2.75) is 159 Å². The molecule has 0 atom stereocenters. The maximum atomic E-state index is 14.8. The minimum Gasteiger partial charge on any atom is -0.336 e. The van der Waals surface area contributed by atoms with Gasteiger partial charge < -0.3 is 9.80 Å². The van der Waals surface area contributed by atoms with E-state index in [1.807, 2.05) is 30.3 Å². The van der Waals surface area contributed by atoms with Crippen LogP contribution in [0.3, 0.4) is 0 Å². The summed E-state index contributed by atoms with van der Waals surface area (Å²) in [6.07, 6.45) is 23.6. The van der Waals surface area contributed by atoms with Crippen molar-refractivity contribution in [1.29, 1.82) is 0 Å². The first-order valence-electron chi connectivity index (χ1n) is 15.9. The molecule has 0 saturated heterocycles. The van der Waals surface area contributed by atoms with Crippen LogP contribution >= 0.6 is 0 Å². The Hall–Kier alpha value is -1.84. The van der Waals surface area contributed by atoms with Gasteiger partial charge in [-0.15, -0.1) is 0 Å². The Morgan fingerprint density at radius 2 is 0.784 bits per heavy atom. The van der Waals surface area contributed by atoms with Gasteiger partial charge in [0.2, 0.25) is 11.8 Å². The highest BCUT2D eigenvalue weighted by molar-refractivity contribution is 6.06. The lowest BCUT2D eigenvalue weighted by atomic mass is 9.84. The van der Waals surface area contributed by atoms with Crippen LogP contribution in [0.25, 0.3) is 0 Å². The van der Waals surface area contributed by atoms with E-state index >= 15 is 0 Å². The van der Waals surface area contributed by atoms with Crippen LogP contribution in [0, 0.1) is 0 Å². The van der Waals surface area contributed by atoms with Crippen LogP contribution in [0.4, 0.5) is 0 Å². The number of hydrogen-bond acceptors (Lipinski definition) is 2. The van der Waals surface area contributed by atoms with Gasteiger partial charge in [0.15, 0.2) is 0 Å². The molecule has 0 N–H and O–H groups in total. The highest BCUT2D eigenvalue weighted by atomic mass is 16.2. The summed E-state index contributed by atoms with van der Waals surface area (Å²) in [6.45, 7) is 0. The van der Waals surface area contributed by atoms with Crippen molar-refractivity contribution in [1.82, 2.24) is 9.80 Å². The van der Waals surface area contributed by atoms with Crippen LogP contribution in [0.1, 0.15) is 140 Å². The van der Waals surface area contributed by atoms with E-state index in [1.54, 1.807) is 0 Å². The fraction of sp³-hybridized carbons (Fsp3) is 0.758. The first-order chi connectivity index (χ1) is 18.2. The number of hydrogen-bond donors (Lipinski definition) is 0. The first-order valence-corrected chi connectivity index (χ1v) is 15.9. The van der Waals surface area contributed by atoms with E-state index < -0.39 is 5.92 Å². The number of carbonyl (C=O) groups excluding carboxylic acids is 2. The van der Waals surface area contributed by atoms with Gasteiger partial charge in [0.1, 0.15) is 5.92 Å². The molecule has 5 rings (SSSR count). The molecular formula is C33H50N2O2. The molecule has 2 amide bonds. The molecule has 0 heterocycles. The molecule has 0 bridgehead atoms. The normalized spacial score (nSPS) is 23.2. The maximum Gasteiger partial charge on any atom is 0.240 e. The number of nitrogens with zero attached hydrogens (tertiary/aromatic N) is 2. The molecule has 204 valence electrons. The van der Waals surface area contributed by atoms with Crippen molar-refractivity contribution in [3.63, 3.8) is 0 Å². The second-order valence-corrected chi connectivity index (χ2v) is 12.5. The van der Waals surface area contributed by atoms with E-state index in [0.717, 1.165) is 56.9 Å². The van der Waals surface area contributed by atoms with Gasteiger partial charge in [-0.25, -0.2) is 0 Å². The lowest BCUT2D eigenvalue weighted by molar-refractivity contribution is -0.150. The summed E-state index contributed by atoms with van der Waals surface area (Å²) in [5.74, 6) is -0.452. The van der Waals surface area contributed by atoms with Crippen molar-refractivity contribution in [3.05, 3.63) is 35.9 Å². The summed E-state index contributed by atoms with van der Waals surface area (Å²) in [4.78, 5) is 34.2. The highest BCUT2D eigenvalue weighted by Crippen LogP contribution is 2.37. The van der Waals surface area contributed by atoms with Gasteiger partial charge in [-0.2, -0.15) is 0 Å². The van der Waals surface area contributed by atoms with Crippen molar-refractivity contribution in [2.75, 3.05) is 0 Å². The Morgan fingerprint density at radius 1 is 0.486 bits per heavy atom. The Bertz CT molecular complexity index is 758. The smallest absolute Gasteiger partial charge is 0.240 e. The lowest BCUT2D eigenvalue weighted by Gasteiger charge is -2.46. The first kappa shape index (κ1) is 26.8. The third-order valence-corrected chi connectivity index (χ3v) is 10.0. The fourth-order valence-electron chi connectivity index (χ4n) is 8.09. The lowest BCUT2D eigenvalue weighted by Crippen LogP contribution is -2.56. The fourth-order valence-corrected chi connectivity index (χ4v) is 8.09. The molecule has 0 spiro atoms. The minimum absolute atomic E-state index is 0.117. The number of rotatable bonds is 7. The molecular weight excluding hydrogens is 456 g/mol. The van der Waals surface area contributed by atoms with Gasteiger partial charge in [-0.1, -0.05) is 107 Å². The van der Waals surface area contributed by atoms with Crippen LogP contribution in [-0.4, -0.2) is 45.8 Å². The van der Waals surface area contributed by atoms with Gasteiger partial charge in [0.05, 0.1) is 0 Å². The topological polar surface area (TPSA) is 40.6 Å². The average Bonchev–Trinajstić information content (AvgIpc) is 2.96. The molecule has 4 fully saturated rings. The summed E-state index contributed by atoms with van der Waals surface area (Å²) >= 11 is 0. The zero-order chi connectivity index (χ0) is 25.5. The number of carbonyl (C=O) groups is 2. The molecule has 37 heavy (non-hydrogen) atoms. The zero-order valence-corrected chi connectivity index (χ0v) is 23.1. The Kier molecular flexibility index (Phi) is 9.61. The molecule has 1 aromatic carbocycles. The molecule has 0 radical (unpaired) electrons. The highest BCUT2D eigenvalue weighted by Gasteiger charge is 2.44. The molecule has 4 saturated carbocycles. The van der Waals surface area contributed by atoms with Crippen molar-refractivity contribution >= 4 is 11.8 Å². The molecule has 0 aromatic heterocycles. The van der Waals surface area contributed by atoms with E-state index in [2.05, 4.69) is 9.80 Å². The number of benzene rings is 1.